The summed E-state index contributed by atoms with van der Waals surface area (Å²) < 4.78 is 0. The van der Waals surface area contributed by atoms with Crippen LogP contribution in [0, 0.1) is 0 Å². The molecule has 25 heavy (non-hydrogen) atoms. The topological polar surface area (TPSA) is 165 Å². The van der Waals surface area contributed by atoms with E-state index in [2.05, 4.69) is 10.6 Å². The van der Waals surface area contributed by atoms with Crippen molar-refractivity contribution in [3.05, 3.63) is 35.9 Å². The van der Waals surface area contributed by atoms with Crippen LogP contribution in [0.4, 0.5) is 0 Å². The summed E-state index contributed by atoms with van der Waals surface area (Å²) >= 11 is 0. The molecule has 0 spiro atoms. The maximum atomic E-state index is 12.2. The Morgan fingerprint density at radius 2 is 1.72 bits per heavy atom. The van der Waals surface area contributed by atoms with Gasteiger partial charge in [0.1, 0.15) is 6.04 Å². The Hall–Kier alpha value is -2.94. The van der Waals surface area contributed by atoms with Gasteiger partial charge < -0.3 is 27.2 Å². The molecular formula is C16H22N4O5. The second-order valence-electron chi connectivity index (χ2n) is 5.47. The van der Waals surface area contributed by atoms with Crippen LogP contribution in [-0.4, -0.2) is 47.4 Å². The Labute approximate surface area is 144 Å². The smallest absolute Gasteiger partial charge is 0.303 e. The van der Waals surface area contributed by atoms with Crippen molar-refractivity contribution in [1.82, 2.24) is 10.6 Å². The van der Waals surface area contributed by atoms with E-state index in [1.54, 1.807) is 0 Å². The van der Waals surface area contributed by atoms with Gasteiger partial charge in [-0.05, 0) is 18.4 Å². The third kappa shape index (κ3) is 7.93. The highest BCUT2D eigenvalue weighted by atomic mass is 16.4. The van der Waals surface area contributed by atoms with Crippen LogP contribution in [0.15, 0.2) is 30.3 Å². The largest absolute Gasteiger partial charge is 0.481 e. The molecule has 0 radical (unpaired) electrons. The van der Waals surface area contributed by atoms with E-state index >= 15 is 0 Å². The van der Waals surface area contributed by atoms with E-state index in [1.165, 1.54) is 0 Å². The van der Waals surface area contributed by atoms with Crippen molar-refractivity contribution >= 4 is 23.7 Å². The van der Waals surface area contributed by atoms with Crippen molar-refractivity contribution in [3.8, 4) is 0 Å². The van der Waals surface area contributed by atoms with Gasteiger partial charge in [0.05, 0.1) is 12.6 Å². The molecule has 1 rings (SSSR count). The monoisotopic (exact) mass is 350 g/mol. The molecule has 0 saturated heterocycles. The first kappa shape index (κ1) is 20.1. The van der Waals surface area contributed by atoms with Crippen molar-refractivity contribution < 1.29 is 24.3 Å². The maximum absolute atomic E-state index is 12.2. The first-order valence-corrected chi connectivity index (χ1v) is 7.67. The van der Waals surface area contributed by atoms with Gasteiger partial charge in [-0.3, -0.25) is 19.2 Å². The molecule has 2 atom stereocenters. The van der Waals surface area contributed by atoms with Gasteiger partial charge in [0.15, 0.2) is 0 Å². The van der Waals surface area contributed by atoms with Crippen molar-refractivity contribution in [2.45, 2.75) is 31.3 Å². The summed E-state index contributed by atoms with van der Waals surface area (Å²) in [7, 11) is 0. The number of amides is 3. The number of nitrogens with one attached hydrogen (secondary N) is 2. The molecule has 1 aromatic rings. The SMILES string of the molecule is NC(=O)CNC(=O)[C@H](CCC(=O)O)NC(=O)[C@@H](N)Cc1ccccc1. The van der Waals surface area contributed by atoms with Crippen LogP contribution in [0.25, 0.3) is 0 Å². The van der Waals surface area contributed by atoms with Crippen LogP contribution in [0.3, 0.4) is 0 Å². The predicted octanol–water partition coefficient (Wildman–Crippen LogP) is -1.49. The second kappa shape index (κ2) is 10.0. The lowest BCUT2D eigenvalue weighted by Crippen LogP contribution is -2.53. The third-order valence-electron chi connectivity index (χ3n) is 3.35. The Morgan fingerprint density at radius 1 is 1.08 bits per heavy atom. The fourth-order valence-electron chi connectivity index (χ4n) is 2.07. The highest BCUT2D eigenvalue weighted by Crippen LogP contribution is 2.04. The van der Waals surface area contributed by atoms with Gasteiger partial charge in [0, 0.05) is 6.42 Å². The molecular weight excluding hydrogens is 328 g/mol. The molecule has 0 heterocycles. The predicted molar refractivity (Wildman–Crippen MR) is 89.1 cm³/mol. The van der Waals surface area contributed by atoms with Gasteiger partial charge in [0.25, 0.3) is 0 Å². The molecule has 0 unspecified atom stereocenters. The van der Waals surface area contributed by atoms with Gasteiger partial charge >= 0.3 is 5.97 Å². The average Bonchev–Trinajstić information content (AvgIpc) is 2.56. The molecule has 1 aromatic carbocycles. The first-order chi connectivity index (χ1) is 11.8. The Kier molecular flexibility index (Phi) is 8.07. The van der Waals surface area contributed by atoms with E-state index < -0.39 is 42.3 Å². The molecule has 136 valence electrons. The van der Waals surface area contributed by atoms with Crippen LogP contribution >= 0.6 is 0 Å². The number of carboxylic acids is 1. The fourth-order valence-corrected chi connectivity index (χ4v) is 2.07. The number of carboxylic acid groups (broad SMARTS) is 1. The summed E-state index contributed by atoms with van der Waals surface area (Å²) in [4.78, 5) is 45.6. The minimum Gasteiger partial charge on any atom is -0.481 e. The lowest BCUT2D eigenvalue weighted by Gasteiger charge is -2.20. The van der Waals surface area contributed by atoms with Crippen LogP contribution in [0.2, 0.25) is 0 Å². The number of hydrogen-bond acceptors (Lipinski definition) is 5. The van der Waals surface area contributed by atoms with E-state index in [0.717, 1.165) is 5.56 Å². The zero-order valence-electron chi connectivity index (χ0n) is 13.6. The molecule has 9 nitrogen and oxygen atoms in total. The van der Waals surface area contributed by atoms with Crippen LogP contribution < -0.4 is 22.1 Å². The summed E-state index contributed by atoms with van der Waals surface area (Å²) in [5.41, 5.74) is 11.6. The number of carbonyl (C=O) groups is 4. The van der Waals surface area contributed by atoms with Crippen LogP contribution in [0.1, 0.15) is 18.4 Å². The average molecular weight is 350 g/mol. The highest BCUT2D eigenvalue weighted by Gasteiger charge is 2.24. The van der Waals surface area contributed by atoms with Crippen molar-refractivity contribution in [2.75, 3.05) is 6.54 Å². The maximum Gasteiger partial charge on any atom is 0.303 e. The molecule has 0 aliphatic carbocycles. The summed E-state index contributed by atoms with van der Waals surface area (Å²) in [6.07, 6.45) is -0.201. The molecule has 7 N–H and O–H groups in total. The van der Waals surface area contributed by atoms with Gasteiger partial charge in [-0.15, -0.1) is 0 Å². The van der Waals surface area contributed by atoms with E-state index in [-0.39, 0.29) is 19.3 Å². The van der Waals surface area contributed by atoms with Crippen molar-refractivity contribution in [2.24, 2.45) is 11.5 Å². The minimum absolute atomic E-state index is 0.135. The van der Waals surface area contributed by atoms with Crippen LogP contribution in [-0.2, 0) is 25.6 Å². The second-order valence-corrected chi connectivity index (χ2v) is 5.47. The van der Waals surface area contributed by atoms with Gasteiger partial charge in [-0.25, -0.2) is 0 Å². The number of aliphatic carboxylic acids is 1. The Balaban J connectivity index is 2.67. The number of primary amides is 1. The zero-order valence-corrected chi connectivity index (χ0v) is 13.6. The number of nitrogens with two attached hydrogens (primary N) is 2. The lowest BCUT2D eigenvalue weighted by molar-refractivity contribution is -0.138. The number of benzene rings is 1. The Bertz CT molecular complexity index is 620. The molecule has 0 saturated carbocycles. The van der Waals surface area contributed by atoms with Gasteiger partial charge in [-0.2, -0.15) is 0 Å². The van der Waals surface area contributed by atoms with E-state index in [0.29, 0.717) is 0 Å². The van der Waals surface area contributed by atoms with Crippen molar-refractivity contribution in [3.63, 3.8) is 0 Å². The number of hydrogen-bond donors (Lipinski definition) is 5. The van der Waals surface area contributed by atoms with E-state index in [4.69, 9.17) is 16.6 Å². The summed E-state index contributed by atoms with van der Waals surface area (Å²) in [6.45, 7) is -0.408. The highest BCUT2D eigenvalue weighted by molar-refractivity contribution is 5.91. The normalized spacial score (nSPS) is 12.7. The van der Waals surface area contributed by atoms with Crippen LogP contribution in [0.5, 0.6) is 0 Å². The standard InChI is InChI=1S/C16H22N4O5/c17-11(8-10-4-2-1-3-5-10)15(24)20-12(6-7-14(22)23)16(25)19-9-13(18)21/h1-5,11-12H,6-9,17H2,(H2,18,21)(H,19,25)(H,20,24)(H,22,23)/t11-,12-/m0/s1. The Morgan fingerprint density at radius 3 is 2.28 bits per heavy atom. The fraction of sp³-hybridized carbons (Fsp3) is 0.375. The van der Waals surface area contributed by atoms with E-state index in [9.17, 15) is 19.2 Å². The molecule has 3 amide bonds. The molecule has 9 heteroatoms. The first-order valence-electron chi connectivity index (χ1n) is 7.67. The van der Waals surface area contributed by atoms with Crippen molar-refractivity contribution in [1.29, 1.82) is 0 Å². The molecule has 0 fully saturated rings. The number of rotatable bonds is 10. The number of carbonyl (C=O) groups excluding carboxylic acids is 3. The lowest BCUT2D eigenvalue weighted by atomic mass is 10.0. The molecule has 0 aliphatic heterocycles. The van der Waals surface area contributed by atoms with E-state index in [1.807, 2.05) is 30.3 Å². The molecule has 0 aromatic heterocycles. The molecule has 0 aliphatic rings. The summed E-state index contributed by atoms with van der Waals surface area (Å²) in [6, 6.07) is 7.06. The quantitative estimate of drug-likeness (QED) is 0.345. The zero-order chi connectivity index (χ0) is 18.8. The van der Waals surface area contributed by atoms with Gasteiger partial charge in [0.2, 0.25) is 17.7 Å². The third-order valence-corrected chi connectivity index (χ3v) is 3.35. The summed E-state index contributed by atoms with van der Waals surface area (Å²) in [5.74, 6) is -3.15. The minimum atomic E-state index is -1.12. The van der Waals surface area contributed by atoms with Gasteiger partial charge in [-0.1, -0.05) is 30.3 Å². The summed E-state index contributed by atoms with van der Waals surface area (Å²) in [5, 5.41) is 13.4. The molecule has 0 bridgehead atoms.